The molecule has 1 atom stereocenters. The van der Waals surface area contributed by atoms with Crippen LogP contribution in [0.5, 0.6) is 0 Å². The van der Waals surface area contributed by atoms with Crippen LogP contribution in [0.25, 0.3) is 0 Å². The van der Waals surface area contributed by atoms with Crippen molar-refractivity contribution in [1.29, 1.82) is 10.5 Å². The first-order valence-electron chi connectivity index (χ1n) is 5.45. The molecule has 0 saturated heterocycles. The van der Waals surface area contributed by atoms with Gasteiger partial charge in [0.2, 0.25) is 0 Å². The molecule has 1 aliphatic rings. The smallest absolute Gasteiger partial charge is 0.101 e. The maximum Gasteiger partial charge on any atom is 0.101 e. The van der Waals surface area contributed by atoms with Gasteiger partial charge in [-0.05, 0) is 43.9 Å². The lowest BCUT2D eigenvalue weighted by Gasteiger charge is -2.14. The Balaban J connectivity index is 2.17. The zero-order chi connectivity index (χ0) is 11.5. The summed E-state index contributed by atoms with van der Waals surface area (Å²) in [4.78, 5) is 0. The Bertz CT molecular complexity index is 475. The first-order valence-corrected chi connectivity index (χ1v) is 5.45. The van der Waals surface area contributed by atoms with Gasteiger partial charge in [0.15, 0.2) is 0 Å². The van der Waals surface area contributed by atoms with E-state index in [1.165, 1.54) is 12.8 Å². The molecule has 0 radical (unpaired) electrons. The Labute approximate surface area is 95.3 Å². The highest BCUT2D eigenvalue weighted by Gasteiger charge is 2.27. The van der Waals surface area contributed by atoms with Gasteiger partial charge in [-0.3, -0.25) is 0 Å². The minimum absolute atomic E-state index is 0.437. The van der Waals surface area contributed by atoms with Crippen molar-refractivity contribution in [3.05, 3.63) is 29.3 Å². The molecular weight excluding hydrogens is 198 g/mol. The average Bonchev–Trinajstić information content (AvgIpc) is 3.12. The normalized spacial score (nSPS) is 15.9. The Morgan fingerprint density at radius 3 is 2.50 bits per heavy atom. The summed E-state index contributed by atoms with van der Waals surface area (Å²) in [7, 11) is 0. The molecule has 0 heterocycles. The van der Waals surface area contributed by atoms with Crippen LogP contribution in [0.3, 0.4) is 0 Å². The van der Waals surface area contributed by atoms with E-state index in [4.69, 9.17) is 10.5 Å². The summed E-state index contributed by atoms with van der Waals surface area (Å²) in [5.74, 6) is 0.765. The van der Waals surface area contributed by atoms with Crippen LogP contribution >= 0.6 is 0 Å². The molecule has 2 rings (SSSR count). The Morgan fingerprint density at radius 2 is 1.94 bits per heavy atom. The van der Waals surface area contributed by atoms with Crippen LogP contribution in [0.4, 0.5) is 5.69 Å². The van der Waals surface area contributed by atoms with Crippen molar-refractivity contribution in [1.82, 2.24) is 0 Å². The minimum atomic E-state index is 0.437. The number of nitrogens with one attached hydrogen (secondary N) is 1. The van der Waals surface area contributed by atoms with Crippen molar-refractivity contribution >= 4 is 5.69 Å². The third-order valence-corrected chi connectivity index (χ3v) is 2.98. The van der Waals surface area contributed by atoms with E-state index < -0.39 is 0 Å². The molecule has 1 aromatic rings. The first kappa shape index (κ1) is 10.5. The zero-order valence-electron chi connectivity index (χ0n) is 9.20. The molecule has 16 heavy (non-hydrogen) atoms. The quantitative estimate of drug-likeness (QED) is 0.836. The topological polar surface area (TPSA) is 59.6 Å². The second-order valence-electron chi connectivity index (χ2n) is 4.25. The van der Waals surface area contributed by atoms with Gasteiger partial charge in [0.25, 0.3) is 0 Å². The average molecular weight is 211 g/mol. The van der Waals surface area contributed by atoms with Crippen molar-refractivity contribution in [2.45, 2.75) is 25.8 Å². The second kappa shape index (κ2) is 4.24. The summed E-state index contributed by atoms with van der Waals surface area (Å²) < 4.78 is 0. The van der Waals surface area contributed by atoms with Gasteiger partial charge in [0.1, 0.15) is 12.1 Å². The number of nitrogens with zero attached hydrogens (tertiary/aromatic N) is 2. The molecule has 1 aromatic carbocycles. The van der Waals surface area contributed by atoms with Gasteiger partial charge in [0.05, 0.1) is 11.1 Å². The number of hydrogen-bond acceptors (Lipinski definition) is 3. The number of hydrogen-bond donors (Lipinski definition) is 1. The summed E-state index contributed by atoms with van der Waals surface area (Å²) in [6.45, 7) is 2.15. The third-order valence-electron chi connectivity index (χ3n) is 2.98. The molecule has 1 N–H and O–H groups in total. The number of nitriles is 2. The van der Waals surface area contributed by atoms with Gasteiger partial charge >= 0.3 is 0 Å². The monoisotopic (exact) mass is 211 g/mol. The van der Waals surface area contributed by atoms with Crippen LogP contribution in [0, 0.1) is 28.6 Å². The number of rotatable bonds is 3. The lowest BCUT2D eigenvalue weighted by atomic mass is 10.1. The standard InChI is InChI=1S/C13H13N3/c1-9(10-2-3-10)16-13-5-4-11(7-14)12(6-13)8-15/h4-6,9-10,16H,2-3H2,1H3. The van der Waals surface area contributed by atoms with Crippen LogP contribution < -0.4 is 5.32 Å². The largest absolute Gasteiger partial charge is 0.382 e. The molecule has 1 unspecified atom stereocenters. The van der Waals surface area contributed by atoms with E-state index >= 15 is 0 Å². The maximum absolute atomic E-state index is 8.90. The van der Waals surface area contributed by atoms with E-state index in [0.29, 0.717) is 17.2 Å². The van der Waals surface area contributed by atoms with Crippen molar-refractivity contribution < 1.29 is 0 Å². The molecule has 1 aliphatic carbocycles. The van der Waals surface area contributed by atoms with E-state index in [-0.39, 0.29) is 0 Å². The third kappa shape index (κ3) is 2.15. The van der Waals surface area contributed by atoms with Crippen molar-refractivity contribution in [3.8, 4) is 12.1 Å². The maximum atomic E-state index is 8.90. The Kier molecular flexibility index (Phi) is 2.79. The van der Waals surface area contributed by atoms with Gasteiger partial charge in [0, 0.05) is 11.7 Å². The van der Waals surface area contributed by atoms with Crippen LogP contribution in [0.1, 0.15) is 30.9 Å². The minimum Gasteiger partial charge on any atom is -0.382 e. The molecule has 80 valence electrons. The highest BCUT2D eigenvalue weighted by Crippen LogP contribution is 2.34. The highest BCUT2D eigenvalue weighted by molar-refractivity contribution is 5.56. The lowest BCUT2D eigenvalue weighted by Crippen LogP contribution is -2.17. The van der Waals surface area contributed by atoms with Crippen molar-refractivity contribution in [3.63, 3.8) is 0 Å². The summed E-state index contributed by atoms with van der Waals surface area (Å²) >= 11 is 0. The molecule has 0 bridgehead atoms. The predicted molar refractivity (Wildman–Crippen MR) is 61.7 cm³/mol. The van der Waals surface area contributed by atoms with Gasteiger partial charge in [-0.15, -0.1) is 0 Å². The molecular formula is C13H13N3. The second-order valence-corrected chi connectivity index (χ2v) is 4.25. The van der Waals surface area contributed by atoms with Gasteiger partial charge in [-0.25, -0.2) is 0 Å². The van der Waals surface area contributed by atoms with E-state index in [1.807, 2.05) is 18.2 Å². The van der Waals surface area contributed by atoms with Gasteiger partial charge in [-0.1, -0.05) is 0 Å². The van der Waals surface area contributed by atoms with Crippen LogP contribution in [0.15, 0.2) is 18.2 Å². The zero-order valence-corrected chi connectivity index (χ0v) is 9.20. The van der Waals surface area contributed by atoms with E-state index in [0.717, 1.165) is 11.6 Å². The lowest BCUT2D eigenvalue weighted by molar-refractivity contribution is 0.694. The molecule has 0 aromatic heterocycles. The fourth-order valence-electron chi connectivity index (χ4n) is 1.80. The fourth-order valence-corrected chi connectivity index (χ4v) is 1.80. The Morgan fingerprint density at radius 1 is 1.25 bits per heavy atom. The van der Waals surface area contributed by atoms with Crippen molar-refractivity contribution in [2.24, 2.45) is 5.92 Å². The van der Waals surface area contributed by atoms with E-state index in [1.54, 1.807) is 12.1 Å². The van der Waals surface area contributed by atoms with Crippen LogP contribution in [-0.2, 0) is 0 Å². The summed E-state index contributed by atoms with van der Waals surface area (Å²) in [6, 6.07) is 9.80. The number of anilines is 1. The van der Waals surface area contributed by atoms with Gasteiger partial charge in [-0.2, -0.15) is 10.5 Å². The molecule has 3 heteroatoms. The van der Waals surface area contributed by atoms with E-state index in [2.05, 4.69) is 12.2 Å². The van der Waals surface area contributed by atoms with Crippen LogP contribution in [0.2, 0.25) is 0 Å². The molecule has 0 spiro atoms. The van der Waals surface area contributed by atoms with Crippen LogP contribution in [-0.4, -0.2) is 6.04 Å². The molecule has 1 saturated carbocycles. The molecule has 0 aliphatic heterocycles. The number of benzene rings is 1. The van der Waals surface area contributed by atoms with Gasteiger partial charge < -0.3 is 5.32 Å². The predicted octanol–water partition coefficient (Wildman–Crippen LogP) is 2.64. The Hall–Kier alpha value is -2.00. The summed E-state index contributed by atoms with van der Waals surface area (Å²) in [5, 5.41) is 21.1. The summed E-state index contributed by atoms with van der Waals surface area (Å²) in [6.07, 6.45) is 2.57. The molecule has 3 nitrogen and oxygen atoms in total. The summed E-state index contributed by atoms with van der Waals surface area (Å²) in [5.41, 5.74) is 1.80. The van der Waals surface area contributed by atoms with Crippen molar-refractivity contribution in [2.75, 3.05) is 5.32 Å². The molecule has 0 amide bonds. The first-order chi connectivity index (χ1) is 7.74. The highest BCUT2D eigenvalue weighted by atomic mass is 14.9. The van der Waals surface area contributed by atoms with E-state index in [9.17, 15) is 0 Å². The fraction of sp³-hybridized carbons (Fsp3) is 0.385. The molecule has 1 fully saturated rings. The SMILES string of the molecule is CC(Nc1ccc(C#N)c(C#N)c1)C1CC1.